The number of hydrogen-bond donors (Lipinski definition) is 1. The van der Waals surface area contributed by atoms with E-state index in [1.165, 1.54) is 29.7 Å². The van der Waals surface area contributed by atoms with Gasteiger partial charge < -0.3 is 5.32 Å². The molecule has 2 rings (SSSR count). The molecule has 0 radical (unpaired) electrons. The summed E-state index contributed by atoms with van der Waals surface area (Å²) in [6, 6.07) is 6.98. The number of thioether (sulfide) groups is 1. The van der Waals surface area contributed by atoms with Crippen molar-refractivity contribution in [3.05, 3.63) is 29.8 Å². The third-order valence-electron chi connectivity index (χ3n) is 2.77. The zero-order chi connectivity index (χ0) is 16.2. The Bertz CT molecular complexity index is 728. The van der Waals surface area contributed by atoms with Gasteiger partial charge in [-0.25, -0.2) is 12.7 Å². The smallest absolute Gasteiger partial charge is 0.242 e. The molecule has 0 saturated heterocycles. The summed E-state index contributed by atoms with van der Waals surface area (Å²) in [5.41, 5.74) is 0.938. The summed E-state index contributed by atoms with van der Waals surface area (Å²) in [7, 11) is -0.341. The van der Waals surface area contributed by atoms with Gasteiger partial charge in [-0.2, -0.15) is 0 Å². The van der Waals surface area contributed by atoms with Gasteiger partial charge in [-0.05, 0) is 24.6 Å². The number of anilines is 1. The van der Waals surface area contributed by atoms with E-state index in [9.17, 15) is 8.42 Å². The summed E-state index contributed by atoms with van der Waals surface area (Å²) in [6.07, 6.45) is 0. The third kappa shape index (κ3) is 4.19. The second kappa shape index (κ2) is 7.40. The number of rotatable bonds is 7. The highest BCUT2D eigenvalue weighted by Crippen LogP contribution is 2.28. The lowest BCUT2D eigenvalue weighted by molar-refractivity contribution is 0.520. The molecule has 0 atom stereocenters. The van der Waals surface area contributed by atoms with Crippen molar-refractivity contribution >= 4 is 38.3 Å². The fraction of sp³-hybridized carbons (Fsp3) is 0.385. The van der Waals surface area contributed by atoms with Crippen LogP contribution in [0.25, 0.3) is 0 Å². The minimum absolute atomic E-state index is 0.307. The average molecular weight is 359 g/mol. The molecule has 0 amide bonds. The maximum absolute atomic E-state index is 12.1. The number of nitrogens with zero attached hydrogens (tertiary/aromatic N) is 3. The molecule has 120 valence electrons. The second-order valence-corrected chi connectivity index (χ2v) is 8.98. The van der Waals surface area contributed by atoms with E-state index < -0.39 is 10.0 Å². The molecule has 9 heteroatoms. The molecule has 0 aliphatic rings. The molecule has 1 aromatic heterocycles. The van der Waals surface area contributed by atoms with Crippen LogP contribution >= 0.6 is 23.1 Å². The monoisotopic (exact) mass is 358 g/mol. The summed E-state index contributed by atoms with van der Waals surface area (Å²) >= 11 is 3.04. The Kier molecular flexibility index (Phi) is 5.79. The number of sulfonamides is 1. The van der Waals surface area contributed by atoms with Crippen LogP contribution in [0.3, 0.4) is 0 Å². The van der Waals surface area contributed by atoms with Crippen LogP contribution in [0.4, 0.5) is 5.13 Å². The SMILES string of the molecule is CCNc1nnc(SCc2cccc(S(=O)(=O)N(C)C)c2)s1. The van der Waals surface area contributed by atoms with Crippen LogP contribution in [0.15, 0.2) is 33.5 Å². The topological polar surface area (TPSA) is 75.2 Å². The van der Waals surface area contributed by atoms with Gasteiger partial charge in [-0.3, -0.25) is 0 Å². The number of benzene rings is 1. The zero-order valence-electron chi connectivity index (χ0n) is 12.6. The second-order valence-electron chi connectivity index (χ2n) is 4.63. The Morgan fingerprint density at radius 2 is 2.09 bits per heavy atom. The first-order valence-electron chi connectivity index (χ1n) is 6.65. The molecule has 1 N–H and O–H groups in total. The van der Waals surface area contributed by atoms with E-state index in [0.29, 0.717) is 10.6 Å². The molecule has 1 heterocycles. The van der Waals surface area contributed by atoms with Crippen molar-refractivity contribution in [2.45, 2.75) is 21.9 Å². The van der Waals surface area contributed by atoms with E-state index >= 15 is 0 Å². The van der Waals surface area contributed by atoms with Gasteiger partial charge in [0, 0.05) is 26.4 Å². The lowest BCUT2D eigenvalue weighted by atomic mass is 10.2. The number of nitrogens with one attached hydrogen (secondary N) is 1. The normalized spacial score (nSPS) is 11.8. The van der Waals surface area contributed by atoms with Crippen LogP contribution in [-0.2, 0) is 15.8 Å². The van der Waals surface area contributed by atoms with Crippen LogP contribution in [0.1, 0.15) is 12.5 Å². The highest BCUT2D eigenvalue weighted by atomic mass is 32.2. The van der Waals surface area contributed by atoms with Crippen molar-refractivity contribution in [2.75, 3.05) is 26.0 Å². The van der Waals surface area contributed by atoms with E-state index in [2.05, 4.69) is 15.5 Å². The van der Waals surface area contributed by atoms with Gasteiger partial charge in [0.25, 0.3) is 0 Å². The first-order valence-corrected chi connectivity index (χ1v) is 9.89. The van der Waals surface area contributed by atoms with Crippen molar-refractivity contribution in [3.8, 4) is 0 Å². The molecule has 0 aliphatic heterocycles. The van der Waals surface area contributed by atoms with Crippen molar-refractivity contribution in [1.29, 1.82) is 0 Å². The summed E-state index contributed by atoms with van der Waals surface area (Å²) in [5, 5.41) is 12.0. The quantitative estimate of drug-likeness (QED) is 0.767. The fourth-order valence-electron chi connectivity index (χ4n) is 1.64. The minimum Gasteiger partial charge on any atom is -0.360 e. The van der Waals surface area contributed by atoms with Crippen molar-refractivity contribution < 1.29 is 8.42 Å². The highest BCUT2D eigenvalue weighted by Gasteiger charge is 2.17. The molecule has 0 fully saturated rings. The van der Waals surface area contributed by atoms with Crippen LogP contribution in [0, 0.1) is 0 Å². The Morgan fingerprint density at radius 1 is 1.32 bits per heavy atom. The maximum Gasteiger partial charge on any atom is 0.242 e. The van der Waals surface area contributed by atoms with Crippen LogP contribution in [-0.4, -0.2) is 43.6 Å². The lowest BCUT2D eigenvalue weighted by Gasteiger charge is -2.12. The molecule has 0 aliphatic carbocycles. The van der Waals surface area contributed by atoms with Gasteiger partial charge in [0.2, 0.25) is 15.2 Å². The first kappa shape index (κ1) is 17.2. The predicted molar refractivity (Wildman–Crippen MR) is 90.9 cm³/mol. The van der Waals surface area contributed by atoms with Crippen LogP contribution in [0.5, 0.6) is 0 Å². The number of hydrogen-bond acceptors (Lipinski definition) is 7. The van der Waals surface area contributed by atoms with Gasteiger partial charge in [-0.15, -0.1) is 10.2 Å². The zero-order valence-corrected chi connectivity index (χ0v) is 15.1. The summed E-state index contributed by atoms with van der Waals surface area (Å²) in [4.78, 5) is 0.307. The fourth-order valence-corrected chi connectivity index (χ4v) is 4.38. The van der Waals surface area contributed by atoms with Gasteiger partial charge >= 0.3 is 0 Å². The van der Waals surface area contributed by atoms with Gasteiger partial charge in [0.15, 0.2) is 4.34 Å². The molecule has 0 spiro atoms. The van der Waals surface area contributed by atoms with E-state index in [1.807, 2.05) is 13.0 Å². The van der Waals surface area contributed by atoms with E-state index in [1.54, 1.807) is 30.0 Å². The predicted octanol–water partition coefficient (Wildman–Crippen LogP) is 2.51. The van der Waals surface area contributed by atoms with E-state index in [-0.39, 0.29) is 0 Å². The molecule has 0 bridgehead atoms. The van der Waals surface area contributed by atoms with Gasteiger partial charge in [-0.1, -0.05) is 35.2 Å². The Morgan fingerprint density at radius 3 is 2.77 bits per heavy atom. The van der Waals surface area contributed by atoms with Gasteiger partial charge in [0.1, 0.15) is 0 Å². The lowest BCUT2D eigenvalue weighted by Crippen LogP contribution is -2.22. The maximum atomic E-state index is 12.1. The van der Waals surface area contributed by atoms with E-state index in [4.69, 9.17) is 0 Å². The third-order valence-corrected chi connectivity index (χ3v) is 6.67. The minimum atomic E-state index is -3.40. The average Bonchev–Trinajstić information content (AvgIpc) is 2.93. The molecule has 1 aromatic carbocycles. The molecule has 0 unspecified atom stereocenters. The van der Waals surface area contributed by atoms with Crippen molar-refractivity contribution in [3.63, 3.8) is 0 Å². The molecule has 22 heavy (non-hydrogen) atoms. The van der Waals surface area contributed by atoms with Crippen LogP contribution < -0.4 is 5.32 Å². The molecule has 2 aromatic rings. The molecule has 6 nitrogen and oxygen atoms in total. The number of aromatic nitrogens is 2. The summed E-state index contributed by atoms with van der Waals surface area (Å²) in [6.45, 7) is 2.81. The van der Waals surface area contributed by atoms with Gasteiger partial charge in [0.05, 0.1) is 4.90 Å². The Labute approximate surface area is 139 Å². The largest absolute Gasteiger partial charge is 0.360 e. The van der Waals surface area contributed by atoms with Crippen LogP contribution in [0.2, 0.25) is 0 Å². The molecular formula is C13H18N4O2S3. The standard InChI is InChI=1S/C13H18N4O2S3/c1-4-14-12-15-16-13(21-12)20-9-10-6-5-7-11(8-10)22(18,19)17(2)3/h5-8H,4,9H2,1-3H3,(H,14,15). The summed E-state index contributed by atoms with van der Waals surface area (Å²) < 4.78 is 26.3. The summed E-state index contributed by atoms with van der Waals surface area (Å²) in [5.74, 6) is 0.650. The van der Waals surface area contributed by atoms with E-state index in [0.717, 1.165) is 21.6 Å². The first-order chi connectivity index (χ1) is 10.4. The Hall–Kier alpha value is -1.16. The van der Waals surface area contributed by atoms with Crippen molar-refractivity contribution in [1.82, 2.24) is 14.5 Å². The molecule has 0 saturated carbocycles. The van der Waals surface area contributed by atoms with Crippen molar-refractivity contribution in [2.24, 2.45) is 0 Å². The molecular weight excluding hydrogens is 340 g/mol. The highest BCUT2D eigenvalue weighted by molar-refractivity contribution is 8.00. The Balaban J connectivity index is 2.07.